The van der Waals surface area contributed by atoms with Crippen LogP contribution >= 0.6 is 0 Å². The lowest BCUT2D eigenvalue weighted by Gasteiger charge is -2.37. The summed E-state index contributed by atoms with van der Waals surface area (Å²) in [5.41, 5.74) is 0.0147. The largest absolute Gasteiger partial charge is 0.540 e. The average molecular weight is 357 g/mol. The van der Waals surface area contributed by atoms with Crippen molar-refractivity contribution in [3.05, 3.63) is 17.7 Å². The monoisotopic (exact) mass is 356 g/mol. The van der Waals surface area contributed by atoms with Crippen molar-refractivity contribution < 1.29 is 23.9 Å². The van der Waals surface area contributed by atoms with Gasteiger partial charge in [-0.3, -0.25) is 0 Å². The summed E-state index contributed by atoms with van der Waals surface area (Å²) in [5, 5.41) is 19.6. The molecule has 130 valence electrons. The summed E-state index contributed by atoms with van der Waals surface area (Å²) < 4.78 is 12.1. The highest BCUT2D eigenvalue weighted by Crippen LogP contribution is 2.45. The van der Waals surface area contributed by atoms with Crippen molar-refractivity contribution in [1.82, 2.24) is 0 Å². The number of hydrogen-bond acceptors (Lipinski definition) is 4. The first-order chi connectivity index (χ1) is 10.2. The molecule has 0 aliphatic rings. The molecular weight excluding hydrogens is 328 g/mol. The van der Waals surface area contributed by atoms with Gasteiger partial charge < -0.3 is 19.1 Å². The van der Waals surface area contributed by atoms with E-state index in [2.05, 4.69) is 20.8 Å². The number of carboxylic acids is 1. The summed E-state index contributed by atoms with van der Waals surface area (Å²) in [7, 11) is -4.35. The second-order valence-electron chi connectivity index (χ2n) is 8.17. The van der Waals surface area contributed by atoms with Crippen LogP contribution < -0.4 is 8.85 Å². The SMILES string of the molecule is CC(C)(C)[Si](C)(C)Oc1c(C(=O)O)ccc(O)c1O[Si](C)(C)C. The lowest BCUT2D eigenvalue weighted by molar-refractivity contribution is 0.0694. The predicted molar refractivity (Wildman–Crippen MR) is 96.9 cm³/mol. The maximum absolute atomic E-state index is 11.6. The topological polar surface area (TPSA) is 76.0 Å². The van der Waals surface area contributed by atoms with Crippen LogP contribution in [0.25, 0.3) is 0 Å². The quantitative estimate of drug-likeness (QED) is 0.749. The summed E-state index contributed by atoms with van der Waals surface area (Å²) in [6.45, 7) is 16.2. The molecule has 0 amide bonds. The van der Waals surface area contributed by atoms with Gasteiger partial charge in [0.05, 0.1) is 0 Å². The van der Waals surface area contributed by atoms with Gasteiger partial charge in [-0.2, -0.15) is 0 Å². The maximum atomic E-state index is 11.6. The Labute approximate surface area is 140 Å². The minimum absolute atomic E-state index is 0.0147. The number of phenols is 1. The van der Waals surface area contributed by atoms with Crippen molar-refractivity contribution in [2.75, 3.05) is 0 Å². The number of carboxylic acid groups (broad SMARTS) is 1. The zero-order valence-corrected chi connectivity index (χ0v) is 17.3. The fourth-order valence-corrected chi connectivity index (χ4v) is 3.46. The normalized spacial score (nSPS) is 12.9. The third kappa shape index (κ3) is 4.75. The summed E-state index contributed by atoms with van der Waals surface area (Å²) in [6.07, 6.45) is 0. The average Bonchev–Trinajstić information content (AvgIpc) is 2.30. The van der Waals surface area contributed by atoms with E-state index in [0.717, 1.165) is 0 Å². The van der Waals surface area contributed by atoms with Gasteiger partial charge in [0.15, 0.2) is 17.2 Å². The fraction of sp³-hybridized carbons (Fsp3) is 0.562. The van der Waals surface area contributed by atoms with E-state index in [1.54, 1.807) is 0 Å². The lowest BCUT2D eigenvalue weighted by Crippen LogP contribution is -2.44. The Morgan fingerprint density at radius 2 is 1.52 bits per heavy atom. The van der Waals surface area contributed by atoms with Gasteiger partial charge in [-0.25, -0.2) is 4.79 Å². The molecule has 5 nitrogen and oxygen atoms in total. The Bertz CT molecular complexity index is 598. The number of aromatic hydroxyl groups is 1. The van der Waals surface area contributed by atoms with Crippen molar-refractivity contribution in [3.8, 4) is 17.2 Å². The van der Waals surface area contributed by atoms with Crippen molar-refractivity contribution in [2.45, 2.75) is 58.5 Å². The first-order valence-electron chi connectivity index (χ1n) is 7.63. The van der Waals surface area contributed by atoms with Crippen LogP contribution in [0.1, 0.15) is 31.1 Å². The van der Waals surface area contributed by atoms with Gasteiger partial charge in [0.1, 0.15) is 5.56 Å². The Morgan fingerprint density at radius 3 is 1.91 bits per heavy atom. The van der Waals surface area contributed by atoms with Crippen LogP contribution in [0.3, 0.4) is 0 Å². The Balaban J connectivity index is 3.53. The van der Waals surface area contributed by atoms with Gasteiger partial charge in [-0.05, 0) is 49.9 Å². The summed E-state index contributed by atoms with van der Waals surface area (Å²) in [4.78, 5) is 11.6. The molecule has 1 aromatic rings. The lowest BCUT2D eigenvalue weighted by atomic mass is 10.2. The molecule has 0 saturated carbocycles. The van der Waals surface area contributed by atoms with E-state index in [1.165, 1.54) is 12.1 Å². The molecular formula is C16H28O5Si2. The number of carbonyl (C=O) groups is 1. The first kappa shape index (κ1) is 19.6. The van der Waals surface area contributed by atoms with Crippen molar-refractivity contribution in [2.24, 2.45) is 0 Å². The number of phenolic OH excluding ortho intramolecular Hbond substituents is 1. The molecule has 0 saturated heterocycles. The minimum Gasteiger partial charge on any atom is -0.540 e. The van der Waals surface area contributed by atoms with E-state index in [9.17, 15) is 15.0 Å². The van der Waals surface area contributed by atoms with Gasteiger partial charge in [-0.15, -0.1) is 0 Å². The van der Waals surface area contributed by atoms with Crippen LogP contribution in [-0.4, -0.2) is 32.8 Å². The smallest absolute Gasteiger partial charge is 0.339 e. The highest BCUT2D eigenvalue weighted by Gasteiger charge is 2.41. The summed E-state index contributed by atoms with van der Waals surface area (Å²) in [6, 6.07) is 2.70. The second kappa shape index (κ2) is 6.20. The molecule has 0 spiro atoms. The van der Waals surface area contributed by atoms with Crippen molar-refractivity contribution in [3.63, 3.8) is 0 Å². The van der Waals surface area contributed by atoms with E-state index in [4.69, 9.17) is 8.85 Å². The van der Waals surface area contributed by atoms with E-state index < -0.39 is 22.6 Å². The molecule has 23 heavy (non-hydrogen) atoms. The third-order valence-electron chi connectivity index (χ3n) is 3.89. The molecule has 7 heteroatoms. The maximum Gasteiger partial charge on any atom is 0.339 e. The van der Waals surface area contributed by atoms with Gasteiger partial charge in [0.25, 0.3) is 8.32 Å². The molecule has 2 N–H and O–H groups in total. The molecule has 0 aliphatic heterocycles. The molecule has 0 radical (unpaired) electrons. The number of rotatable bonds is 5. The van der Waals surface area contributed by atoms with Gasteiger partial charge in [0, 0.05) is 0 Å². The molecule has 1 aromatic carbocycles. The van der Waals surface area contributed by atoms with Crippen LogP contribution in [0.5, 0.6) is 17.2 Å². The van der Waals surface area contributed by atoms with Gasteiger partial charge >= 0.3 is 5.97 Å². The zero-order valence-electron chi connectivity index (χ0n) is 15.3. The van der Waals surface area contributed by atoms with Crippen LogP contribution in [0, 0.1) is 0 Å². The number of aromatic carboxylic acids is 1. The van der Waals surface area contributed by atoms with Crippen LogP contribution in [-0.2, 0) is 0 Å². The molecule has 0 unspecified atom stereocenters. The Hall–Kier alpha value is -1.48. The van der Waals surface area contributed by atoms with Gasteiger partial charge in [0.2, 0.25) is 8.32 Å². The molecule has 0 aliphatic carbocycles. The fourth-order valence-electron chi connectivity index (χ4n) is 1.64. The van der Waals surface area contributed by atoms with E-state index in [1.807, 2.05) is 32.7 Å². The van der Waals surface area contributed by atoms with E-state index >= 15 is 0 Å². The third-order valence-corrected chi connectivity index (χ3v) is 9.04. The predicted octanol–water partition coefficient (Wildman–Crippen LogP) is 4.69. The van der Waals surface area contributed by atoms with Crippen molar-refractivity contribution >= 4 is 22.6 Å². The molecule has 0 aromatic heterocycles. The highest BCUT2D eigenvalue weighted by atomic mass is 28.4. The van der Waals surface area contributed by atoms with Crippen LogP contribution in [0.15, 0.2) is 12.1 Å². The molecule has 0 bridgehead atoms. The molecule has 0 heterocycles. The highest BCUT2D eigenvalue weighted by molar-refractivity contribution is 6.75. The number of benzene rings is 1. The zero-order chi connectivity index (χ0) is 18.2. The van der Waals surface area contributed by atoms with Gasteiger partial charge in [-0.1, -0.05) is 20.8 Å². The summed E-state index contributed by atoms with van der Waals surface area (Å²) >= 11 is 0. The minimum atomic E-state index is -2.29. The molecule has 1 rings (SSSR count). The van der Waals surface area contributed by atoms with E-state index in [-0.39, 0.29) is 27.9 Å². The molecule has 0 fully saturated rings. The van der Waals surface area contributed by atoms with E-state index in [0.29, 0.717) is 0 Å². The molecule has 0 atom stereocenters. The standard InChI is InChI=1S/C16H28O5Si2/c1-16(2,3)23(7,8)21-13-11(15(18)19)9-10-12(17)14(13)20-22(4,5)6/h9-10,17H,1-8H3,(H,18,19). The number of hydrogen-bond donors (Lipinski definition) is 2. The second-order valence-corrected chi connectivity index (χ2v) is 17.3. The summed E-state index contributed by atoms with van der Waals surface area (Å²) in [5.74, 6) is -0.898. The Morgan fingerprint density at radius 1 is 1.00 bits per heavy atom. The van der Waals surface area contributed by atoms with Crippen LogP contribution in [0.4, 0.5) is 0 Å². The Kier molecular flexibility index (Phi) is 5.27. The van der Waals surface area contributed by atoms with Crippen LogP contribution in [0.2, 0.25) is 37.8 Å². The van der Waals surface area contributed by atoms with Crippen molar-refractivity contribution in [1.29, 1.82) is 0 Å². The first-order valence-corrected chi connectivity index (χ1v) is 13.9.